The fraction of sp³-hybridized carbons (Fsp3) is 0.429. The number of Topliss-reactive ketones (excluding diaryl/α,β-unsaturated/α-hetero) is 1. The normalized spacial score (nSPS) is 20.8. The van der Waals surface area contributed by atoms with Crippen LogP contribution in [0.15, 0.2) is 41.5 Å². The van der Waals surface area contributed by atoms with Crippen molar-refractivity contribution in [1.82, 2.24) is 9.61 Å². The van der Waals surface area contributed by atoms with Gasteiger partial charge in [-0.25, -0.2) is 9.51 Å². The van der Waals surface area contributed by atoms with Crippen molar-refractivity contribution in [3.8, 4) is 0 Å². The van der Waals surface area contributed by atoms with E-state index < -0.39 is 0 Å². The lowest BCUT2D eigenvalue weighted by Crippen LogP contribution is -2.50. The molecule has 0 unspecified atom stereocenters. The lowest BCUT2D eigenvalue weighted by molar-refractivity contribution is -0.912. The third kappa shape index (κ3) is 3.89. The van der Waals surface area contributed by atoms with E-state index in [4.69, 9.17) is 0 Å². The molecule has 2 aromatic rings. The Bertz CT molecular complexity index is 966. The van der Waals surface area contributed by atoms with Crippen LogP contribution in [0.5, 0.6) is 0 Å². The SMILES string of the molecule is C[N+]1(CCNc2nn3ccccc3c2N=C2C=CC(=O)CC2=O)CCCCC1. The Hall–Kier alpha value is -2.80. The van der Waals surface area contributed by atoms with Crippen LogP contribution in [0.4, 0.5) is 11.5 Å². The Kier molecular flexibility index (Phi) is 5.09. The summed E-state index contributed by atoms with van der Waals surface area (Å²) < 4.78 is 2.84. The molecule has 4 rings (SSSR count). The quantitative estimate of drug-likeness (QED) is 0.639. The standard InChI is InChI=1S/C21H26N5O2/c1-26(12-5-2-6-13-26)14-10-22-21-20(18-7-3-4-11-25(18)24-21)23-17-9-8-16(27)15-19(17)28/h3-4,7-9,11H,2,5-6,10,12-15H2,1H3,(H,22,24)/q+1. The van der Waals surface area contributed by atoms with Gasteiger partial charge in [0.15, 0.2) is 17.4 Å². The number of nitrogens with one attached hydrogen (secondary N) is 1. The molecule has 146 valence electrons. The van der Waals surface area contributed by atoms with Crippen molar-refractivity contribution >= 4 is 34.3 Å². The van der Waals surface area contributed by atoms with Crippen LogP contribution in [0.2, 0.25) is 0 Å². The molecule has 28 heavy (non-hydrogen) atoms. The maximum Gasteiger partial charge on any atom is 0.188 e. The van der Waals surface area contributed by atoms with Crippen LogP contribution in [0.25, 0.3) is 5.52 Å². The molecule has 2 aliphatic rings. The number of aliphatic imine (C=N–C) groups is 1. The molecule has 2 aromatic heterocycles. The van der Waals surface area contributed by atoms with Crippen LogP contribution in [0, 0.1) is 0 Å². The van der Waals surface area contributed by atoms with Gasteiger partial charge in [-0.3, -0.25) is 9.59 Å². The van der Waals surface area contributed by atoms with Gasteiger partial charge in [0.05, 0.1) is 45.2 Å². The number of allylic oxidation sites excluding steroid dienone is 2. The number of nitrogens with zero attached hydrogens (tertiary/aromatic N) is 4. The highest BCUT2D eigenvalue weighted by Crippen LogP contribution is 2.30. The number of aromatic nitrogens is 2. The number of hydrogen-bond acceptors (Lipinski definition) is 5. The van der Waals surface area contributed by atoms with E-state index >= 15 is 0 Å². The second-order valence-corrected chi connectivity index (χ2v) is 7.90. The van der Waals surface area contributed by atoms with Crippen molar-refractivity contribution in [2.45, 2.75) is 25.7 Å². The van der Waals surface area contributed by atoms with E-state index in [-0.39, 0.29) is 18.0 Å². The Morgan fingerprint density at radius 3 is 2.79 bits per heavy atom. The average Bonchev–Trinajstić information content (AvgIpc) is 3.02. The second-order valence-electron chi connectivity index (χ2n) is 7.90. The number of rotatable bonds is 5. The van der Waals surface area contributed by atoms with E-state index in [2.05, 4.69) is 22.5 Å². The van der Waals surface area contributed by atoms with Gasteiger partial charge in [0.1, 0.15) is 11.4 Å². The van der Waals surface area contributed by atoms with Crippen molar-refractivity contribution in [1.29, 1.82) is 0 Å². The number of quaternary nitrogens is 1. The molecule has 7 heteroatoms. The van der Waals surface area contributed by atoms with Crippen molar-refractivity contribution < 1.29 is 14.1 Å². The summed E-state index contributed by atoms with van der Waals surface area (Å²) in [5, 5.41) is 8.04. The highest BCUT2D eigenvalue weighted by molar-refractivity contribution is 6.50. The number of anilines is 1. The highest BCUT2D eigenvalue weighted by atomic mass is 16.1. The largest absolute Gasteiger partial charge is 0.361 e. The molecule has 1 saturated heterocycles. The molecule has 0 bridgehead atoms. The molecule has 1 aliphatic heterocycles. The minimum atomic E-state index is -0.250. The Morgan fingerprint density at radius 1 is 1.18 bits per heavy atom. The molecule has 0 spiro atoms. The second kappa shape index (κ2) is 7.67. The summed E-state index contributed by atoms with van der Waals surface area (Å²) in [6.45, 7) is 4.25. The predicted molar refractivity (Wildman–Crippen MR) is 109 cm³/mol. The highest BCUT2D eigenvalue weighted by Gasteiger charge is 2.25. The molecular formula is C21H26N5O2+. The molecular weight excluding hydrogens is 354 g/mol. The first kappa shape index (κ1) is 18.6. The number of hydrogen-bond donors (Lipinski definition) is 1. The van der Waals surface area contributed by atoms with Crippen LogP contribution in [0.3, 0.4) is 0 Å². The van der Waals surface area contributed by atoms with E-state index in [1.54, 1.807) is 4.52 Å². The molecule has 0 atom stereocenters. The smallest absolute Gasteiger partial charge is 0.188 e. The van der Waals surface area contributed by atoms with Crippen LogP contribution in [-0.2, 0) is 9.59 Å². The van der Waals surface area contributed by atoms with Crippen molar-refractivity contribution in [2.24, 2.45) is 4.99 Å². The maximum atomic E-state index is 12.2. The number of ketones is 2. The lowest BCUT2D eigenvalue weighted by Gasteiger charge is -2.37. The van der Waals surface area contributed by atoms with Gasteiger partial charge in [-0.15, -0.1) is 5.10 Å². The van der Waals surface area contributed by atoms with Gasteiger partial charge < -0.3 is 9.80 Å². The van der Waals surface area contributed by atoms with Crippen LogP contribution in [0.1, 0.15) is 25.7 Å². The zero-order chi connectivity index (χ0) is 19.6. The van der Waals surface area contributed by atoms with Crippen LogP contribution >= 0.6 is 0 Å². The number of carbonyl (C=O) groups excluding carboxylic acids is 2. The van der Waals surface area contributed by atoms with E-state index in [0.29, 0.717) is 17.2 Å². The zero-order valence-electron chi connectivity index (χ0n) is 16.2. The Morgan fingerprint density at radius 2 is 2.00 bits per heavy atom. The summed E-state index contributed by atoms with van der Waals surface area (Å²) in [5.41, 5.74) is 1.77. The summed E-state index contributed by atoms with van der Waals surface area (Å²) in [6.07, 6.45) is 8.58. The van der Waals surface area contributed by atoms with Crippen LogP contribution in [-0.4, -0.2) is 64.6 Å². The minimum absolute atomic E-state index is 0.118. The molecule has 1 N–H and O–H groups in total. The molecule has 1 aliphatic carbocycles. The summed E-state index contributed by atoms with van der Waals surface area (Å²) in [4.78, 5) is 28.2. The van der Waals surface area contributed by atoms with Gasteiger partial charge in [0.2, 0.25) is 0 Å². The first-order chi connectivity index (χ1) is 13.5. The van der Waals surface area contributed by atoms with Gasteiger partial charge in [-0.2, -0.15) is 0 Å². The van der Waals surface area contributed by atoms with E-state index in [9.17, 15) is 9.59 Å². The molecule has 0 aromatic carbocycles. The number of carbonyl (C=O) groups is 2. The van der Waals surface area contributed by atoms with Gasteiger partial charge in [-0.1, -0.05) is 6.07 Å². The van der Waals surface area contributed by atoms with Crippen molar-refractivity contribution in [3.63, 3.8) is 0 Å². The van der Waals surface area contributed by atoms with Gasteiger partial charge >= 0.3 is 0 Å². The van der Waals surface area contributed by atoms with Gasteiger partial charge in [-0.05, 0) is 43.5 Å². The van der Waals surface area contributed by atoms with Gasteiger partial charge in [0, 0.05) is 6.20 Å². The summed E-state index contributed by atoms with van der Waals surface area (Å²) in [6, 6.07) is 5.76. The zero-order valence-corrected chi connectivity index (χ0v) is 16.2. The average molecular weight is 380 g/mol. The molecule has 0 saturated carbocycles. The number of piperidine rings is 1. The molecule has 3 heterocycles. The molecule has 7 nitrogen and oxygen atoms in total. The number of fused-ring (bicyclic) bond motifs is 1. The fourth-order valence-electron chi connectivity index (χ4n) is 3.95. The van der Waals surface area contributed by atoms with E-state index in [0.717, 1.165) is 23.1 Å². The summed E-state index contributed by atoms with van der Waals surface area (Å²) in [7, 11) is 2.31. The van der Waals surface area contributed by atoms with E-state index in [1.807, 2.05) is 24.4 Å². The Labute approximate surface area is 164 Å². The predicted octanol–water partition coefficient (Wildman–Crippen LogP) is 2.55. The monoisotopic (exact) mass is 380 g/mol. The van der Waals surface area contributed by atoms with Crippen LogP contribution < -0.4 is 5.32 Å². The van der Waals surface area contributed by atoms with Crippen molar-refractivity contribution in [3.05, 3.63) is 36.5 Å². The summed E-state index contributed by atoms with van der Waals surface area (Å²) >= 11 is 0. The van der Waals surface area contributed by atoms with Crippen molar-refractivity contribution in [2.75, 3.05) is 38.5 Å². The third-order valence-electron chi connectivity index (χ3n) is 5.63. The molecule has 0 radical (unpaired) electrons. The fourth-order valence-corrected chi connectivity index (χ4v) is 3.95. The topological polar surface area (TPSA) is 75.8 Å². The number of pyridine rings is 1. The summed E-state index contributed by atoms with van der Waals surface area (Å²) in [5.74, 6) is 0.237. The lowest BCUT2D eigenvalue weighted by atomic mass is 10.0. The van der Waals surface area contributed by atoms with E-state index in [1.165, 1.54) is 44.5 Å². The minimum Gasteiger partial charge on any atom is -0.361 e. The number of likely N-dealkylation sites (N-methyl/N-ethyl adjacent to an activating group) is 1. The molecule has 0 amide bonds. The Balaban J connectivity index is 1.59. The van der Waals surface area contributed by atoms with Gasteiger partial charge in [0.25, 0.3) is 0 Å². The third-order valence-corrected chi connectivity index (χ3v) is 5.63. The molecule has 1 fully saturated rings. The first-order valence-corrected chi connectivity index (χ1v) is 9.92. The number of likely N-dealkylation sites (tertiary alicyclic amines) is 1. The maximum absolute atomic E-state index is 12.2. The first-order valence-electron chi connectivity index (χ1n) is 9.92.